The highest BCUT2D eigenvalue weighted by Gasteiger charge is 2.27. The molecule has 1 saturated heterocycles. The number of nitriles is 1. The van der Waals surface area contributed by atoms with Crippen molar-refractivity contribution in [2.75, 3.05) is 29.9 Å². The number of primary amides is 1. The Kier molecular flexibility index (Phi) is 7.30. The van der Waals surface area contributed by atoms with Crippen molar-refractivity contribution in [2.24, 2.45) is 11.7 Å². The SMILES string of the molecule is CCOc1ccc(NC(=O)/C(C#N)=C/c2c(N3CCC(C(N)=O)CC3)nc3ccccn3c2=O)cc1. The number of carbonyl (C=O) groups excluding carboxylic acids is 2. The number of hydrogen-bond acceptors (Lipinski definition) is 7. The lowest BCUT2D eigenvalue weighted by atomic mass is 9.96. The van der Waals surface area contributed by atoms with Crippen LogP contribution in [0.5, 0.6) is 5.75 Å². The van der Waals surface area contributed by atoms with Gasteiger partial charge in [0.15, 0.2) is 0 Å². The van der Waals surface area contributed by atoms with Gasteiger partial charge in [-0.05, 0) is 62.2 Å². The van der Waals surface area contributed by atoms with E-state index < -0.39 is 11.5 Å². The molecule has 10 nitrogen and oxygen atoms in total. The van der Waals surface area contributed by atoms with Crippen molar-refractivity contribution in [3.8, 4) is 11.8 Å². The van der Waals surface area contributed by atoms with Crippen LogP contribution < -0.4 is 26.2 Å². The third kappa shape index (κ3) is 5.20. The van der Waals surface area contributed by atoms with Crippen molar-refractivity contribution in [2.45, 2.75) is 19.8 Å². The van der Waals surface area contributed by atoms with E-state index in [9.17, 15) is 19.6 Å². The Hall–Kier alpha value is -4.65. The minimum absolute atomic E-state index is 0.120. The molecule has 1 aliphatic heterocycles. The van der Waals surface area contributed by atoms with Crippen LogP contribution in [0.15, 0.2) is 59.0 Å². The summed E-state index contributed by atoms with van der Waals surface area (Å²) in [6, 6.07) is 13.8. The van der Waals surface area contributed by atoms with Crippen LogP contribution in [-0.2, 0) is 9.59 Å². The summed E-state index contributed by atoms with van der Waals surface area (Å²) in [4.78, 5) is 44.5. The van der Waals surface area contributed by atoms with Crippen molar-refractivity contribution < 1.29 is 14.3 Å². The van der Waals surface area contributed by atoms with Gasteiger partial charge in [-0.25, -0.2) is 4.98 Å². The molecule has 0 unspecified atom stereocenters. The number of nitrogens with two attached hydrogens (primary N) is 1. The summed E-state index contributed by atoms with van der Waals surface area (Å²) in [5.74, 6) is -0.227. The maximum absolute atomic E-state index is 13.4. The molecule has 0 spiro atoms. The van der Waals surface area contributed by atoms with Crippen molar-refractivity contribution in [1.82, 2.24) is 9.38 Å². The predicted octanol–water partition coefficient (Wildman–Crippen LogP) is 2.34. The van der Waals surface area contributed by atoms with Crippen molar-refractivity contribution in [1.29, 1.82) is 5.26 Å². The molecular weight excluding hydrogens is 460 g/mol. The van der Waals surface area contributed by atoms with Crippen molar-refractivity contribution >= 4 is 35.0 Å². The van der Waals surface area contributed by atoms with E-state index in [1.54, 1.807) is 48.7 Å². The molecule has 3 aromatic rings. The third-order valence-electron chi connectivity index (χ3n) is 6.02. The van der Waals surface area contributed by atoms with E-state index in [-0.39, 0.29) is 23.0 Å². The first-order chi connectivity index (χ1) is 17.4. The van der Waals surface area contributed by atoms with Crippen molar-refractivity contribution in [3.05, 3.63) is 70.2 Å². The number of hydrogen-bond donors (Lipinski definition) is 2. The Morgan fingerprint density at radius 3 is 2.58 bits per heavy atom. The normalized spacial score (nSPS) is 14.3. The van der Waals surface area contributed by atoms with Crippen LogP contribution in [0.25, 0.3) is 11.7 Å². The van der Waals surface area contributed by atoms with E-state index in [2.05, 4.69) is 10.3 Å². The van der Waals surface area contributed by atoms with Crippen LogP contribution in [0, 0.1) is 17.2 Å². The Morgan fingerprint density at radius 2 is 1.94 bits per heavy atom. The Morgan fingerprint density at radius 1 is 1.22 bits per heavy atom. The van der Waals surface area contributed by atoms with Gasteiger partial charge in [0, 0.05) is 30.9 Å². The van der Waals surface area contributed by atoms with Gasteiger partial charge in [0.1, 0.15) is 28.9 Å². The predicted molar refractivity (Wildman–Crippen MR) is 135 cm³/mol. The number of fused-ring (bicyclic) bond motifs is 1. The zero-order valence-electron chi connectivity index (χ0n) is 19.8. The average Bonchev–Trinajstić information content (AvgIpc) is 2.89. The first kappa shape index (κ1) is 24.5. The van der Waals surface area contributed by atoms with Gasteiger partial charge in [0.2, 0.25) is 5.91 Å². The Bertz CT molecular complexity index is 1410. The number of carbonyl (C=O) groups is 2. The summed E-state index contributed by atoms with van der Waals surface area (Å²) in [6.07, 6.45) is 3.90. The Balaban J connectivity index is 1.70. The molecule has 10 heteroatoms. The second-order valence-electron chi connectivity index (χ2n) is 8.33. The van der Waals surface area contributed by atoms with Gasteiger partial charge >= 0.3 is 0 Å². The Labute approximate surface area is 207 Å². The summed E-state index contributed by atoms with van der Waals surface area (Å²) in [6.45, 7) is 3.32. The molecular formula is C26H26N6O4. The lowest BCUT2D eigenvalue weighted by Gasteiger charge is -2.32. The molecule has 1 fully saturated rings. The molecule has 0 bridgehead atoms. The second-order valence-corrected chi connectivity index (χ2v) is 8.33. The zero-order valence-corrected chi connectivity index (χ0v) is 19.8. The topological polar surface area (TPSA) is 143 Å². The standard InChI is InChI=1S/C26H26N6O4/c1-2-36-20-8-6-19(7-9-20)29-25(34)18(16-27)15-21-24(31-13-10-17(11-14-31)23(28)33)30-22-5-3-4-12-32(22)26(21)35/h3-9,12,15,17H,2,10-11,13-14H2,1H3,(H2,28,33)(H,29,34)/b18-15+. The molecule has 36 heavy (non-hydrogen) atoms. The molecule has 3 heterocycles. The number of benzene rings is 1. The van der Waals surface area contributed by atoms with Crippen LogP contribution >= 0.6 is 0 Å². The highest BCUT2D eigenvalue weighted by atomic mass is 16.5. The number of anilines is 2. The number of aromatic nitrogens is 2. The van der Waals surface area contributed by atoms with Gasteiger partial charge in [-0.15, -0.1) is 0 Å². The molecule has 1 aliphatic rings. The van der Waals surface area contributed by atoms with Gasteiger partial charge in [0.25, 0.3) is 11.5 Å². The van der Waals surface area contributed by atoms with E-state index in [4.69, 9.17) is 10.5 Å². The van der Waals surface area contributed by atoms with Crippen molar-refractivity contribution in [3.63, 3.8) is 0 Å². The van der Waals surface area contributed by atoms with Gasteiger partial charge in [-0.1, -0.05) is 6.07 Å². The third-order valence-corrected chi connectivity index (χ3v) is 6.02. The van der Waals surface area contributed by atoms with Crippen LogP contribution in [0.2, 0.25) is 0 Å². The van der Waals surface area contributed by atoms with E-state index in [1.165, 1.54) is 10.5 Å². The lowest BCUT2D eigenvalue weighted by Crippen LogP contribution is -2.40. The summed E-state index contributed by atoms with van der Waals surface area (Å²) >= 11 is 0. The fourth-order valence-corrected chi connectivity index (χ4v) is 4.13. The summed E-state index contributed by atoms with van der Waals surface area (Å²) in [5, 5.41) is 12.4. The number of amides is 2. The van der Waals surface area contributed by atoms with Crippen LogP contribution in [-0.4, -0.2) is 40.9 Å². The number of nitrogens with zero attached hydrogens (tertiary/aromatic N) is 4. The largest absolute Gasteiger partial charge is 0.494 e. The first-order valence-electron chi connectivity index (χ1n) is 11.6. The smallest absolute Gasteiger partial charge is 0.267 e. The van der Waals surface area contributed by atoms with Crippen LogP contribution in [0.1, 0.15) is 25.3 Å². The number of rotatable bonds is 7. The van der Waals surface area contributed by atoms with Crippen LogP contribution in [0.4, 0.5) is 11.5 Å². The molecule has 0 atom stereocenters. The molecule has 184 valence electrons. The molecule has 2 amide bonds. The van der Waals surface area contributed by atoms with E-state index in [0.717, 1.165) is 0 Å². The minimum Gasteiger partial charge on any atom is -0.494 e. The van der Waals surface area contributed by atoms with Crippen LogP contribution in [0.3, 0.4) is 0 Å². The number of pyridine rings is 1. The number of piperidine rings is 1. The van der Waals surface area contributed by atoms with E-state index in [0.29, 0.717) is 55.4 Å². The number of nitrogens with one attached hydrogen (secondary N) is 1. The maximum Gasteiger partial charge on any atom is 0.267 e. The highest BCUT2D eigenvalue weighted by Crippen LogP contribution is 2.25. The molecule has 0 saturated carbocycles. The molecule has 4 rings (SSSR count). The van der Waals surface area contributed by atoms with E-state index >= 15 is 0 Å². The van der Waals surface area contributed by atoms with Gasteiger partial charge in [0.05, 0.1) is 12.2 Å². The number of ether oxygens (including phenoxy) is 1. The highest BCUT2D eigenvalue weighted by molar-refractivity contribution is 6.10. The first-order valence-corrected chi connectivity index (χ1v) is 11.6. The van der Waals surface area contributed by atoms with E-state index in [1.807, 2.05) is 17.9 Å². The maximum atomic E-state index is 13.4. The fraction of sp³-hybridized carbons (Fsp3) is 0.269. The molecule has 0 radical (unpaired) electrons. The second kappa shape index (κ2) is 10.7. The molecule has 2 aromatic heterocycles. The van der Waals surface area contributed by atoms with Gasteiger partial charge in [-0.3, -0.25) is 18.8 Å². The molecule has 3 N–H and O–H groups in total. The molecule has 1 aromatic carbocycles. The summed E-state index contributed by atoms with van der Waals surface area (Å²) in [7, 11) is 0. The van der Waals surface area contributed by atoms with Gasteiger partial charge in [-0.2, -0.15) is 5.26 Å². The minimum atomic E-state index is -0.655. The quantitative estimate of drug-likeness (QED) is 0.385. The lowest BCUT2D eigenvalue weighted by molar-refractivity contribution is -0.122. The fourth-order valence-electron chi connectivity index (χ4n) is 4.13. The summed E-state index contributed by atoms with van der Waals surface area (Å²) < 4.78 is 6.77. The monoisotopic (exact) mass is 486 g/mol. The summed E-state index contributed by atoms with van der Waals surface area (Å²) in [5.41, 5.74) is 5.84. The van der Waals surface area contributed by atoms with Gasteiger partial charge < -0.3 is 20.7 Å². The average molecular weight is 487 g/mol. The zero-order chi connectivity index (χ0) is 25.7. The molecule has 0 aliphatic carbocycles.